The molecule has 1 heterocycles. The standard InChI is InChI=1S/C22H24N4O3/c1-3-29-21(27)17-9-11-18(12-10-17)24-20-15-19(16-7-5-4-6-8-16)25-22(26-20)23-13-14-28-2/h4-12,15H,3,13-14H2,1-2H3,(H2,23,24,25,26). The number of hydrogen-bond acceptors (Lipinski definition) is 7. The van der Waals surface area contributed by atoms with Crippen LogP contribution in [0.5, 0.6) is 0 Å². The normalized spacial score (nSPS) is 10.4. The Bertz CT molecular complexity index is 931. The van der Waals surface area contributed by atoms with Gasteiger partial charge in [-0.1, -0.05) is 30.3 Å². The van der Waals surface area contributed by atoms with Gasteiger partial charge < -0.3 is 20.1 Å². The summed E-state index contributed by atoms with van der Waals surface area (Å²) in [5, 5.41) is 6.44. The summed E-state index contributed by atoms with van der Waals surface area (Å²) in [5.41, 5.74) is 3.10. The van der Waals surface area contributed by atoms with Gasteiger partial charge in [0, 0.05) is 31.0 Å². The predicted molar refractivity (Wildman–Crippen MR) is 114 cm³/mol. The largest absolute Gasteiger partial charge is 0.462 e. The highest BCUT2D eigenvalue weighted by atomic mass is 16.5. The second kappa shape index (κ2) is 10.2. The first kappa shape index (κ1) is 20.3. The lowest BCUT2D eigenvalue weighted by Crippen LogP contribution is -2.11. The van der Waals surface area contributed by atoms with Crippen LogP contribution < -0.4 is 10.6 Å². The van der Waals surface area contributed by atoms with Crippen molar-refractivity contribution in [2.75, 3.05) is 37.5 Å². The molecule has 2 N–H and O–H groups in total. The van der Waals surface area contributed by atoms with Crippen LogP contribution in [0.3, 0.4) is 0 Å². The van der Waals surface area contributed by atoms with Crippen molar-refractivity contribution in [2.24, 2.45) is 0 Å². The van der Waals surface area contributed by atoms with E-state index in [1.54, 1.807) is 26.2 Å². The molecule has 150 valence electrons. The van der Waals surface area contributed by atoms with Crippen molar-refractivity contribution in [3.63, 3.8) is 0 Å². The van der Waals surface area contributed by atoms with Gasteiger partial charge in [-0.05, 0) is 31.2 Å². The number of rotatable bonds is 9. The molecule has 2 aromatic carbocycles. The van der Waals surface area contributed by atoms with Crippen molar-refractivity contribution >= 4 is 23.4 Å². The van der Waals surface area contributed by atoms with Crippen LogP contribution in [0.2, 0.25) is 0 Å². The molecule has 7 heteroatoms. The molecule has 0 bridgehead atoms. The monoisotopic (exact) mass is 392 g/mol. The molecule has 3 rings (SSSR count). The minimum atomic E-state index is -0.336. The van der Waals surface area contributed by atoms with E-state index in [-0.39, 0.29) is 5.97 Å². The van der Waals surface area contributed by atoms with Crippen LogP contribution in [0.25, 0.3) is 11.3 Å². The molecule has 0 aliphatic carbocycles. The molecule has 0 aliphatic heterocycles. The number of hydrogen-bond donors (Lipinski definition) is 2. The van der Waals surface area contributed by atoms with Gasteiger partial charge in [0.1, 0.15) is 5.82 Å². The quantitative estimate of drug-likeness (QED) is 0.418. The lowest BCUT2D eigenvalue weighted by molar-refractivity contribution is 0.0526. The minimum Gasteiger partial charge on any atom is -0.462 e. The van der Waals surface area contributed by atoms with E-state index in [1.165, 1.54) is 0 Å². The summed E-state index contributed by atoms with van der Waals surface area (Å²) in [4.78, 5) is 20.9. The van der Waals surface area contributed by atoms with Crippen LogP contribution in [0.15, 0.2) is 60.7 Å². The van der Waals surface area contributed by atoms with Crippen molar-refractivity contribution in [3.05, 3.63) is 66.2 Å². The number of anilines is 3. The number of methoxy groups -OCH3 is 1. The average Bonchev–Trinajstić information content (AvgIpc) is 2.75. The second-order valence-electron chi connectivity index (χ2n) is 6.17. The molecule has 0 radical (unpaired) electrons. The predicted octanol–water partition coefficient (Wildman–Crippen LogP) is 4.12. The molecule has 0 fully saturated rings. The highest BCUT2D eigenvalue weighted by molar-refractivity contribution is 5.89. The highest BCUT2D eigenvalue weighted by Crippen LogP contribution is 2.24. The highest BCUT2D eigenvalue weighted by Gasteiger charge is 2.09. The molecule has 7 nitrogen and oxygen atoms in total. The summed E-state index contributed by atoms with van der Waals surface area (Å²) in [6, 6.07) is 18.9. The Hall–Kier alpha value is -3.45. The van der Waals surface area contributed by atoms with Crippen LogP contribution in [0, 0.1) is 0 Å². The molecule has 0 amide bonds. The van der Waals surface area contributed by atoms with Gasteiger partial charge in [-0.3, -0.25) is 0 Å². The Labute approximate surface area is 170 Å². The van der Waals surface area contributed by atoms with Gasteiger partial charge in [0.15, 0.2) is 0 Å². The molecule has 0 saturated carbocycles. The number of esters is 1. The van der Waals surface area contributed by atoms with Gasteiger partial charge >= 0.3 is 5.97 Å². The van der Waals surface area contributed by atoms with E-state index in [0.717, 1.165) is 16.9 Å². The van der Waals surface area contributed by atoms with Gasteiger partial charge in [-0.15, -0.1) is 0 Å². The zero-order valence-corrected chi connectivity index (χ0v) is 16.5. The third-order valence-electron chi connectivity index (χ3n) is 4.05. The van der Waals surface area contributed by atoms with Crippen molar-refractivity contribution in [1.29, 1.82) is 0 Å². The van der Waals surface area contributed by atoms with Crippen LogP contribution >= 0.6 is 0 Å². The molecule has 1 aromatic heterocycles. The molecule has 0 saturated heterocycles. The van der Waals surface area contributed by atoms with E-state index in [0.29, 0.717) is 37.1 Å². The van der Waals surface area contributed by atoms with E-state index in [2.05, 4.69) is 20.6 Å². The number of aromatic nitrogens is 2. The Morgan fingerprint density at radius 2 is 1.79 bits per heavy atom. The fourth-order valence-corrected chi connectivity index (χ4v) is 2.66. The molecule has 0 aliphatic rings. The first-order valence-electron chi connectivity index (χ1n) is 9.41. The van der Waals surface area contributed by atoms with Gasteiger partial charge in [0.2, 0.25) is 5.95 Å². The first-order valence-corrected chi connectivity index (χ1v) is 9.41. The SMILES string of the molecule is CCOC(=O)c1ccc(Nc2cc(-c3ccccc3)nc(NCCOC)n2)cc1. The molecule has 0 atom stereocenters. The third kappa shape index (κ3) is 5.76. The number of nitrogens with zero attached hydrogens (tertiary/aromatic N) is 2. The van der Waals surface area contributed by atoms with Gasteiger partial charge in [-0.25, -0.2) is 9.78 Å². The average molecular weight is 392 g/mol. The molecule has 0 spiro atoms. The van der Waals surface area contributed by atoms with E-state index < -0.39 is 0 Å². The Morgan fingerprint density at radius 3 is 2.48 bits per heavy atom. The van der Waals surface area contributed by atoms with Gasteiger partial charge in [0.05, 0.1) is 24.5 Å². The number of carbonyl (C=O) groups is 1. The summed E-state index contributed by atoms with van der Waals surface area (Å²) in [5.74, 6) is 0.814. The summed E-state index contributed by atoms with van der Waals surface area (Å²) in [6.07, 6.45) is 0. The zero-order chi connectivity index (χ0) is 20.5. The number of benzene rings is 2. The molecule has 0 unspecified atom stereocenters. The maximum atomic E-state index is 11.8. The number of nitrogens with one attached hydrogen (secondary N) is 2. The van der Waals surface area contributed by atoms with Crippen LogP contribution in [0.1, 0.15) is 17.3 Å². The van der Waals surface area contributed by atoms with Gasteiger partial charge in [0.25, 0.3) is 0 Å². The summed E-state index contributed by atoms with van der Waals surface area (Å²) >= 11 is 0. The second-order valence-corrected chi connectivity index (χ2v) is 6.17. The first-order chi connectivity index (χ1) is 14.2. The molecule has 3 aromatic rings. The van der Waals surface area contributed by atoms with Crippen LogP contribution in [0.4, 0.5) is 17.5 Å². The smallest absolute Gasteiger partial charge is 0.338 e. The van der Waals surface area contributed by atoms with Crippen molar-refractivity contribution < 1.29 is 14.3 Å². The van der Waals surface area contributed by atoms with E-state index in [9.17, 15) is 4.79 Å². The lowest BCUT2D eigenvalue weighted by Gasteiger charge is -2.12. The molecular formula is C22H24N4O3. The summed E-state index contributed by atoms with van der Waals surface area (Å²) in [7, 11) is 1.65. The Kier molecular flexibility index (Phi) is 7.13. The zero-order valence-electron chi connectivity index (χ0n) is 16.5. The van der Waals surface area contributed by atoms with E-state index in [4.69, 9.17) is 9.47 Å². The third-order valence-corrected chi connectivity index (χ3v) is 4.05. The summed E-state index contributed by atoms with van der Waals surface area (Å²) in [6.45, 7) is 3.28. The minimum absolute atomic E-state index is 0.336. The number of carbonyl (C=O) groups excluding carboxylic acids is 1. The maximum absolute atomic E-state index is 11.8. The lowest BCUT2D eigenvalue weighted by atomic mass is 10.1. The fraction of sp³-hybridized carbons (Fsp3) is 0.227. The van der Waals surface area contributed by atoms with Crippen molar-refractivity contribution in [2.45, 2.75) is 6.92 Å². The van der Waals surface area contributed by atoms with Crippen molar-refractivity contribution in [3.8, 4) is 11.3 Å². The maximum Gasteiger partial charge on any atom is 0.338 e. The van der Waals surface area contributed by atoms with Crippen LogP contribution in [-0.2, 0) is 9.47 Å². The Morgan fingerprint density at radius 1 is 1.03 bits per heavy atom. The van der Waals surface area contributed by atoms with Gasteiger partial charge in [-0.2, -0.15) is 4.98 Å². The topological polar surface area (TPSA) is 85.4 Å². The molecular weight excluding hydrogens is 368 g/mol. The Balaban J connectivity index is 1.83. The number of ether oxygens (including phenoxy) is 2. The van der Waals surface area contributed by atoms with Crippen molar-refractivity contribution in [1.82, 2.24) is 9.97 Å². The molecule has 29 heavy (non-hydrogen) atoms. The van der Waals surface area contributed by atoms with E-state index in [1.807, 2.05) is 48.5 Å². The fourth-order valence-electron chi connectivity index (χ4n) is 2.66. The van der Waals surface area contributed by atoms with E-state index >= 15 is 0 Å². The summed E-state index contributed by atoms with van der Waals surface area (Å²) < 4.78 is 10.1. The van der Waals surface area contributed by atoms with Crippen LogP contribution in [-0.4, -0.2) is 42.8 Å².